The van der Waals surface area contributed by atoms with Gasteiger partial charge >= 0.3 is 0 Å². The number of allylic oxidation sites excluding steroid dienone is 2. The third kappa shape index (κ3) is 8.18. The molecule has 0 fully saturated rings. The van der Waals surface area contributed by atoms with Gasteiger partial charge in [-0.15, -0.1) is 0 Å². The number of hydrogen-bond donors (Lipinski definition) is 0. The highest BCUT2D eigenvalue weighted by molar-refractivity contribution is 7.80. The van der Waals surface area contributed by atoms with Crippen molar-refractivity contribution in [1.29, 1.82) is 0 Å². The standard InChI is InChI=1S/C52H66ClO2P/c1-27(2)35-21-40(29(5)6)50(41(22-35)30(7)8)56(51-42(31(9)10)23-36(28(3)4)24-43(51)32(11)12)52-44(33(13)14)25-37(26-45(52)34(15)16)46-47(53)49(55)39-20-18-17-19-38(39)48(46)54/h17-34H,1-16H3. The fourth-order valence-electron chi connectivity index (χ4n) is 8.25. The number of hydrogen-bond acceptors (Lipinski definition) is 2. The van der Waals surface area contributed by atoms with Gasteiger partial charge in [0, 0.05) is 11.1 Å². The van der Waals surface area contributed by atoms with Crippen molar-refractivity contribution in [3.63, 3.8) is 0 Å². The van der Waals surface area contributed by atoms with Gasteiger partial charge in [0.1, 0.15) is 5.03 Å². The molecule has 0 amide bonds. The molecular weight excluding hydrogens is 723 g/mol. The number of Topliss-reactive ketones (excluding diaryl/α,β-unsaturated/α-hetero) is 2. The molecule has 0 heterocycles. The maximum atomic E-state index is 14.4. The summed E-state index contributed by atoms with van der Waals surface area (Å²) in [7, 11) is -1.13. The van der Waals surface area contributed by atoms with Crippen LogP contribution in [0.15, 0.2) is 65.7 Å². The predicted octanol–water partition coefficient (Wildman–Crippen LogP) is 14.5. The molecular formula is C52H66ClO2P. The lowest BCUT2D eigenvalue weighted by Crippen LogP contribution is -2.35. The van der Waals surface area contributed by atoms with Gasteiger partial charge in [0.15, 0.2) is 5.78 Å². The molecule has 1 aliphatic carbocycles. The highest BCUT2D eigenvalue weighted by Gasteiger charge is 2.37. The molecule has 0 bridgehead atoms. The van der Waals surface area contributed by atoms with E-state index in [4.69, 9.17) is 11.6 Å². The Bertz CT molecular complexity index is 2010. The summed E-state index contributed by atoms with van der Waals surface area (Å²) in [4.78, 5) is 28.1. The second-order valence-corrected chi connectivity index (χ2v) is 21.0. The van der Waals surface area contributed by atoms with Crippen LogP contribution in [0.25, 0.3) is 5.57 Å². The molecule has 0 unspecified atom stereocenters. The van der Waals surface area contributed by atoms with Crippen molar-refractivity contribution in [1.82, 2.24) is 0 Å². The Balaban J connectivity index is 2.06. The molecule has 0 spiro atoms. The molecule has 4 heteroatoms. The van der Waals surface area contributed by atoms with Crippen molar-refractivity contribution in [3.05, 3.63) is 127 Å². The molecule has 0 aromatic heterocycles. The Morgan fingerprint density at radius 2 is 0.696 bits per heavy atom. The summed E-state index contributed by atoms with van der Waals surface area (Å²) in [5.41, 5.74) is 12.8. The van der Waals surface area contributed by atoms with Crippen LogP contribution in [-0.4, -0.2) is 11.6 Å². The fourth-order valence-corrected chi connectivity index (χ4v) is 12.7. The van der Waals surface area contributed by atoms with E-state index in [1.54, 1.807) is 18.2 Å². The first kappa shape index (κ1) is 43.8. The Kier molecular flexibility index (Phi) is 13.5. The van der Waals surface area contributed by atoms with Gasteiger partial charge in [-0.1, -0.05) is 183 Å². The molecule has 4 aromatic carbocycles. The van der Waals surface area contributed by atoms with Gasteiger partial charge in [-0.05, 0) is 121 Å². The average molecular weight is 790 g/mol. The van der Waals surface area contributed by atoms with Crippen molar-refractivity contribution in [2.24, 2.45) is 0 Å². The minimum absolute atomic E-state index is 0.00931. The van der Waals surface area contributed by atoms with E-state index in [1.807, 2.05) is 6.07 Å². The molecule has 0 radical (unpaired) electrons. The number of halogens is 1. The first-order valence-corrected chi connectivity index (χ1v) is 22.8. The fraction of sp³-hybridized carbons (Fsp3) is 0.462. The lowest BCUT2D eigenvalue weighted by molar-refractivity contribution is 0.0998. The van der Waals surface area contributed by atoms with Crippen LogP contribution in [0, 0.1) is 0 Å². The van der Waals surface area contributed by atoms with E-state index >= 15 is 0 Å². The van der Waals surface area contributed by atoms with E-state index in [9.17, 15) is 9.59 Å². The number of carbonyl (C=O) groups excluding carboxylic acids is 2. The van der Waals surface area contributed by atoms with E-state index in [2.05, 4.69) is 147 Å². The Hall–Kier alpha value is -3.32. The van der Waals surface area contributed by atoms with Crippen molar-refractivity contribution < 1.29 is 9.59 Å². The number of fused-ring (bicyclic) bond motifs is 1. The molecule has 0 saturated carbocycles. The topological polar surface area (TPSA) is 34.1 Å². The quantitative estimate of drug-likeness (QED) is 0.134. The molecule has 0 N–H and O–H groups in total. The predicted molar refractivity (Wildman–Crippen MR) is 246 cm³/mol. The summed E-state index contributed by atoms with van der Waals surface area (Å²) in [6.07, 6.45) is 0. The van der Waals surface area contributed by atoms with Gasteiger partial charge in [-0.2, -0.15) is 0 Å². The third-order valence-corrected chi connectivity index (χ3v) is 14.9. The van der Waals surface area contributed by atoms with Crippen LogP contribution in [0.2, 0.25) is 0 Å². The van der Waals surface area contributed by atoms with Crippen LogP contribution >= 0.6 is 19.5 Å². The molecule has 1 aliphatic rings. The molecule has 5 rings (SSSR count). The normalized spacial score (nSPS) is 13.8. The first-order chi connectivity index (χ1) is 26.2. The zero-order chi connectivity index (χ0) is 41.7. The summed E-state index contributed by atoms with van der Waals surface area (Å²) < 4.78 is 0. The minimum Gasteiger partial charge on any atom is -0.289 e. The van der Waals surface area contributed by atoms with Crippen molar-refractivity contribution in [3.8, 4) is 0 Å². The summed E-state index contributed by atoms with van der Waals surface area (Å²) in [6.45, 7) is 37.3. The number of benzene rings is 4. The van der Waals surface area contributed by atoms with Gasteiger partial charge in [0.2, 0.25) is 5.78 Å². The molecule has 56 heavy (non-hydrogen) atoms. The first-order valence-electron chi connectivity index (χ1n) is 21.1. The number of ketones is 2. The number of carbonyl (C=O) groups is 2. The Morgan fingerprint density at radius 3 is 0.982 bits per heavy atom. The molecule has 0 saturated heterocycles. The highest BCUT2D eigenvalue weighted by atomic mass is 35.5. The molecule has 0 atom stereocenters. The average Bonchev–Trinajstić information content (AvgIpc) is 3.13. The molecule has 0 aliphatic heterocycles. The lowest BCUT2D eigenvalue weighted by Gasteiger charge is -2.37. The summed E-state index contributed by atoms with van der Waals surface area (Å²) in [5.74, 6) is 1.84. The second kappa shape index (κ2) is 17.3. The zero-order valence-electron chi connectivity index (χ0n) is 37.0. The molecule has 2 nitrogen and oxygen atoms in total. The second-order valence-electron chi connectivity index (χ2n) is 18.6. The van der Waals surface area contributed by atoms with Gasteiger partial charge < -0.3 is 0 Å². The minimum atomic E-state index is -1.13. The zero-order valence-corrected chi connectivity index (χ0v) is 38.7. The summed E-state index contributed by atoms with van der Waals surface area (Å²) in [6, 6.07) is 21.6. The third-order valence-electron chi connectivity index (χ3n) is 11.6. The highest BCUT2D eigenvalue weighted by Crippen LogP contribution is 2.49. The van der Waals surface area contributed by atoms with Crippen LogP contribution in [0.5, 0.6) is 0 Å². The van der Waals surface area contributed by atoms with Gasteiger partial charge in [0.25, 0.3) is 0 Å². The lowest BCUT2D eigenvalue weighted by atomic mass is 9.83. The van der Waals surface area contributed by atoms with E-state index in [1.165, 1.54) is 60.4 Å². The van der Waals surface area contributed by atoms with E-state index in [-0.39, 0.29) is 28.4 Å². The van der Waals surface area contributed by atoms with E-state index in [0.29, 0.717) is 52.2 Å². The van der Waals surface area contributed by atoms with E-state index in [0.717, 1.165) is 5.56 Å². The van der Waals surface area contributed by atoms with Crippen molar-refractivity contribution in [2.75, 3.05) is 0 Å². The number of rotatable bonds is 12. The van der Waals surface area contributed by atoms with Crippen LogP contribution < -0.4 is 15.9 Å². The maximum absolute atomic E-state index is 14.4. The molecule has 4 aromatic rings. The molecule has 298 valence electrons. The SMILES string of the molecule is CC(C)c1cc(C(C)C)c(P(c2c(C(C)C)cc(C3=C(Cl)C(=O)c4ccccc4C3=O)cc2C(C)C)c2c(C(C)C)cc(C(C)C)cc2C(C)C)c(C(C)C)c1. The summed E-state index contributed by atoms with van der Waals surface area (Å²) in [5, 5.41) is 4.38. The largest absolute Gasteiger partial charge is 0.289 e. The van der Waals surface area contributed by atoms with Gasteiger partial charge in [-0.3, -0.25) is 9.59 Å². The van der Waals surface area contributed by atoms with Crippen LogP contribution in [-0.2, 0) is 0 Å². The van der Waals surface area contributed by atoms with Gasteiger partial charge in [-0.25, -0.2) is 0 Å². The van der Waals surface area contributed by atoms with Crippen molar-refractivity contribution in [2.45, 2.75) is 158 Å². The van der Waals surface area contributed by atoms with Gasteiger partial charge in [0.05, 0.1) is 5.57 Å². The maximum Gasteiger partial charge on any atom is 0.205 e. The van der Waals surface area contributed by atoms with E-state index < -0.39 is 7.92 Å². The smallest absolute Gasteiger partial charge is 0.205 e. The Labute approximate surface area is 345 Å². The van der Waals surface area contributed by atoms with Crippen molar-refractivity contribution >= 4 is 52.6 Å². The Morgan fingerprint density at radius 1 is 0.411 bits per heavy atom. The van der Waals surface area contributed by atoms with Crippen LogP contribution in [0.3, 0.4) is 0 Å². The van der Waals surface area contributed by atoms with Crippen LogP contribution in [0.4, 0.5) is 0 Å². The van der Waals surface area contributed by atoms with Crippen LogP contribution in [0.1, 0.15) is 229 Å². The summed E-state index contributed by atoms with van der Waals surface area (Å²) >= 11 is 6.96. The monoisotopic (exact) mass is 788 g/mol.